The van der Waals surface area contributed by atoms with E-state index in [-0.39, 0.29) is 19.4 Å². The summed E-state index contributed by atoms with van der Waals surface area (Å²) in [5.41, 5.74) is 1.57. The lowest BCUT2D eigenvalue weighted by molar-refractivity contribution is -0.144. The van der Waals surface area contributed by atoms with Gasteiger partial charge in [-0.3, -0.25) is 9.59 Å². The molecule has 2 heterocycles. The van der Waals surface area contributed by atoms with E-state index in [1.54, 1.807) is 25.7 Å². The van der Waals surface area contributed by atoms with Crippen LogP contribution >= 0.6 is 0 Å². The van der Waals surface area contributed by atoms with E-state index in [0.717, 1.165) is 22.3 Å². The van der Waals surface area contributed by atoms with Crippen molar-refractivity contribution in [2.24, 2.45) is 11.3 Å². The molecule has 266 valence electrons. The van der Waals surface area contributed by atoms with Crippen LogP contribution < -0.4 is 16.0 Å². The fraction of sp³-hybridized carbons (Fsp3) is 0.486. The first-order chi connectivity index (χ1) is 23.7. The molecule has 2 aliphatic heterocycles. The molecule has 5 amide bonds. The summed E-state index contributed by atoms with van der Waals surface area (Å²) in [6.07, 6.45) is 0.319. The van der Waals surface area contributed by atoms with Gasteiger partial charge in [0.15, 0.2) is 0 Å². The number of nitrogens with one attached hydrogen (secondary N) is 3. The third-order valence-electron chi connectivity index (χ3n) is 10.4. The zero-order valence-corrected chi connectivity index (χ0v) is 28.6. The Morgan fingerprint density at radius 1 is 1.04 bits per heavy atom. The van der Waals surface area contributed by atoms with E-state index in [9.17, 15) is 34.2 Å². The highest BCUT2D eigenvalue weighted by Crippen LogP contribution is 2.45. The third-order valence-corrected chi connectivity index (χ3v) is 10.4. The second-order valence-electron chi connectivity index (χ2n) is 14.9. The summed E-state index contributed by atoms with van der Waals surface area (Å²) in [5.74, 6) is -2.91. The highest BCUT2D eigenvalue weighted by molar-refractivity contribution is 5.95. The van der Waals surface area contributed by atoms with Crippen LogP contribution in [-0.4, -0.2) is 92.8 Å². The van der Waals surface area contributed by atoms with Crippen molar-refractivity contribution in [2.75, 3.05) is 13.1 Å². The standard InChI is InChI=1S/C37H45N5O8/c1-5-24-18-37(24,33(46)47)40-31(44)27-17-25(50-35(49)41-15-14-21-10-6-7-12-23(21)19-41)20-42(27)34(48)39-30(36(2,3)4)32(45)38-29-26-13-9-8-11-22(26)16-28(29)43/h5-13,24-25,27-30,43H,1,14-20H2,2-4H3,(H,38,45)(H,39,48)(H,40,44)(H,46,47)/t24-,25-,27+,28-,29+,30?,37-/m1/s1. The number of nitrogens with zero attached hydrogens (tertiary/aromatic N) is 2. The Labute approximate surface area is 291 Å². The maximum Gasteiger partial charge on any atom is 0.410 e. The van der Waals surface area contributed by atoms with Crippen LogP contribution in [-0.2, 0) is 38.5 Å². The average Bonchev–Trinajstić information content (AvgIpc) is 3.49. The second kappa shape index (κ2) is 13.4. The van der Waals surface area contributed by atoms with Gasteiger partial charge in [-0.05, 0) is 40.5 Å². The number of aliphatic hydroxyl groups is 1. The van der Waals surface area contributed by atoms with Crippen LogP contribution in [0.15, 0.2) is 61.2 Å². The predicted octanol–water partition coefficient (Wildman–Crippen LogP) is 2.67. The topological polar surface area (TPSA) is 178 Å². The zero-order valence-electron chi connectivity index (χ0n) is 28.6. The smallest absolute Gasteiger partial charge is 0.410 e. The molecular formula is C37H45N5O8. The Kier molecular flexibility index (Phi) is 9.38. The Morgan fingerprint density at radius 2 is 1.72 bits per heavy atom. The number of urea groups is 1. The molecular weight excluding hydrogens is 642 g/mol. The fourth-order valence-electron chi connectivity index (χ4n) is 7.41. The van der Waals surface area contributed by atoms with Crippen molar-refractivity contribution >= 4 is 29.9 Å². The van der Waals surface area contributed by atoms with E-state index in [4.69, 9.17) is 4.74 Å². The van der Waals surface area contributed by atoms with Crippen LogP contribution in [0.4, 0.5) is 9.59 Å². The number of carboxylic acid groups (broad SMARTS) is 1. The van der Waals surface area contributed by atoms with Crippen LogP contribution in [0.25, 0.3) is 0 Å². The number of fused-ring (bicyclic) bond motifs is 2. The van der Waals surface area contributed by atoms with Gasteiger partial charge >= 0.3 is 18.1 Å². The molecule has 0 bridgehead atoms. The summed E-state index contributed by atoms with van der Waals surface area (Å²) < 4.78 is 5.86. The number of hydrogen-bond donors (Lipinski definition) is 5. The van der Waals surface area contributed by atoms with E-state index in [1.807, 2.05) is 48.5 Å². The van der Waals surface area contributed by atoms with Gasteiger partial charge in [0, 0.05) is 31.8 Å². The quantitative estimate of drug-likeness (QED) is 0.263. The maximum atomic E-state index is 14.0. The molecule has 50 heavy (non-hydrogen) atoms. The third kappa shape index (κ3) is 6.78. The number of hydrogen-bond acceptors (Lipinski definition) is 7. The van der Waals surface area contributed by atoms with Gasteiger partial charge in [-0.1, -0.05) is 75.4 Å². The summed E-state index contributed by atoms with van der Waals surface area (Å²) in [7, 11) is 0. The molecule has 5 N–H and O–H groups in total. The highest BCUT2D eigenvalue weighted by Gasteiger charge is 2.61. The van der Waals surface area contributed by atoms with Gasteiger partial charge in [0.2, 0.25) is 11.8 Å². The van der Waals surface area contributed by atoms with Crippen molar-refractivity contribution in [3.63, 3.8) is 0 Å². The molecule has 0 spiro atoms. The minimum absolute atomic E-state index is 0.0681. The molecule has 2 aromatic carbocycles. The van der Waals surface area contributed by atoms with Crippen LogP contribution in [0, 0.1) is 11.3 Å². The first-order valence-corrected chi connectivity index (χ1v) is 17.1. The van der Waals surface area contributed by atoms with Gasteiger partial charge in [0.25, 0.3) is 0 Å². The van der Waals surface area contributed by atoms with E-state index >= 15 is 0 Å². The predicted molar refractivity (Wildman–Crippen MR) is 182 cm³/mol. The molecule has 4 aliphatic rings. The molecule has 2 aliphatic carbocycles. The van der Waals surface area contributed by atoms with E-state index in [0.29, 0.717) is 25.9 Å². The molecule has 2 fully saturated rings. The van der Waals surface area contributed by atoms with Gasteiger partial charge in [-0.2, -0.15) is 0 Å². The van der Waals surface area contributed by atoms with Gasteiger partial charge < -0.3 is 40.7 Å². The number of carbonyl (C=O) groups is 5. The molecule has 1 unspecified atom stereocenters. The lowest BCUT2D eigenvalue weighted by atomic mass is 9.86. The van der Waals surface area contributed by atoms with E-state index in [2.05, 4.69) is 22.5 Å². The number of amides is 5. The minimum atomic E-state index is -1.54. The summed E-state index contributed by atoms with van der Waals surface area (Å²) >= 11 is 0. The first-order valence-electron chi connectivity index (χ1n) is 17.1. The molecule has 1 saturated heterocycles. The summed E-state index contributed by atoms with van der Waals surface area (Å²) in [6.45, 7) is 9.68. The largest absolute Gasteiger partial charge is 0.479 e. The number of ether oxygens (including phenoxy) is 1. The fourth-order valence-corrected chi connectivity index (χ4v) is 7.41. The van der Waals surface area contributed by atoms with Crippen LogP contribution in [0.5, 0.6) is 0 Å². The maximum absolute atomic E-state index is 14.0. The number of benzene rings is 2. The molecule has 2 aromatic rings. The summed E-state index contributed by atoms with van der Waals surface area (Å²) in [6, 6.07) is 11.6. The van der Waals surface area contributed by atoms with Gasteiger partial charge in [0.1, 0.15) is 23.7 Å². The number of aliphatic carboxylic acids is 1. The Hall–Kier alpha value is -4.91. The zero-order chi connectivity index (χ0) is 36.0. The van der Waals surface area contributed by atoms with Crippen molar-refractivity contribution in [3.8, 4) is 0 Å². The summed E-state index contributed by atoms with van der Waals surface area (Å²) in [4.78, 5) is 69.9. The van der Waals surface area contributed by atoms with Crippen molar-refractivity contribution < 1.29 is 38.9 Å². The highest BCUT2D eigenvalue weighted by atomic mass is 16.6. The van der Waals surface area contributed by atoms with Crippen LogP contribution in [0.2, 0.25) is 0 Å². The van der Waals surface area contributed by atoms with Gasteiger partial charge in [-0.25, -0.2) is 14.4 Å². The Balaban J connectivity index is 1.19. The van der Waals surface area contributed by atoms with Crippen molar-refractivity contribution in [3.05, 3.63) is 83.4 Å². The normalized spacial score (nSPS) is 27.3. The first kappa shape index (κ1) is 34.9. The molecule has 0 aromatic heterocycles. The number of carbonyl (C=O) groups excluding carboxylic acids is 4. The monoisotopic (exact) mass is 687 g/mol. The summed E-state index contributed by atoms with van der Waals surface area (Å²) in [5, 5.41) is 29.0. The molecule has 7 atom stereocenters. The Morgan fingerprint density at radius 3 is 2.38 bits per heavy atom. The number of rotatable bonds is 8. The average molecular weight is 688 g/mol. The lowest BCUT2D eigenvalue weighted by Crippen LogP contribution is -2.60. The van der Waals surface area contributed by atoms with E-state index < -0.39 is 77.1 Å². The van der Waals surface area contributed by atoms with E-state index in [1.165, 1.54) is 11.0 Å². The molecule has 6 rings (SSSR count). The van der Waals surface area contributed by atoms with Crippen molar-refractivity contribution in [1.82, 2.24) is 25.8 Å². The molecule has 13 nitrogen and oxygen atoms in total. The number of likely N-dealkylation sites (tertiary alicyclic amines) is 1. The number of carboxylic acids is 1. The van der Waals surface area contributed by atoms with Crippen molar-refractivity contribution in [2.45, 2.75) is 88.9 Å². The molecule has 0 radical (unpaired) electrons. The second-order valence-corrected chi connectivity index (χ2v) is 14.9. The molecule has 1 saturated carbocycles. The Bertz CT molecular complexity index is 1710. The SMILES string of the molecule is C=C[C@@H]1C[C@]1(NC(=O)[C@@H]1C[C@@H](OC(=O)N2CCc3ccccc3C2)CN1C(=O)NC(C(=O)N[C@H]1c2ccccc2C[C@H]1O)C(C)(C)C)C(=O)O. The minimum Gasteiger partial charge on any atom is -0.479 e. The van der Waals surface area contributed by atoms with Gasteiger partial charge in [-0.15, -0.1) is 6.58 Å². The van der Waals surface area contributed by atoms with Gasteiger partial charge in [0.05, 0.1) is 18.7 Å². The van der Waals surface area contributed by atoms with Crippen LogP contribution in [0.1, 0.15) is 61.9 Å². The van der Waals surface area contributed by atoms with Crippen molar-refractivity contribution in [1.29, 1.82) is 0 Å². The number of aliphatic hydroxyl groups excluding tert-OH is 1. The molecule has 13 heteroatoms. The van der Waals surface area contributed by atoms with Crippen LogP contribution in [0.3, 0.4) is 0 Å². The lowest BCUT2D eigenvalue weighted by Gasteiger charge is -2.34.